The van der Waals surface area contributed by atoms with E-state index in [2.05, 4.69) is 15.6 Å². The molecule has 2 aromatic rings. The summed E-state index contributed by atoms with van der Waals surface area (Å²) in [6.45, 7) is 4.89. The molecule has 2 heterocycles. The highest BCUT2D eigenvalue weighted by atomic mass is 19.1. The highest BCUT2D eigenvalue weighted by Crippen LogP contribution is 2.21. The van der Waals surface area contributed by atoms with Crippen LogP contribution in [0.5, 0.6) is 0 Å². The molecule has 0 spiro atoms. The Hall–Kier alpha value is -2.70. The lowest BCUT2D eigenvalue weighted by Crippen LogP contribution is -2.31. The largest absolute Gasteiger partial charge is 0.349 e. The van der Waals surface area contributed by atoms with Crippen LogP contribution in [0.2, 0.25) is 0 Å². The zero-order chi connectivity index (χ0) is 19.4. The molecule has 0 bridgehead atoms. The van der Waals surface area contributed by atoms with Crippen molar-refractivity contribution in [2.24, 2.45) is 0 Å². The van der Waals surface area contributed by atoms with E-state index >= 15 is 0 Å². The average Bonchev–Trinajstić information content (AvgIpc) is 3.03. The number of carbonyl (C=O) groups is 2. The van der Waals surface area contributed by atoms with Gasteiger partial charge in [0.15, 0.2) is 5.82 Å². The van der Waals surface area contributed by atoms with Gasteiger partial charge in [-0.25, -0.2) is 9.37 Å². The second kappa shape index (κ2) is 8.33. The minimum atomic E-state index is -0.288. The Labute approximate surface area is 158 Å². The summed E-state index contributed by atoms with van der Waals surface area (Å²) < 4.78 is 14.8. The van der Waals surface area contributed by atoms with Gasteiger partial charge < -0.3 is 15.2 Å². The molecule has 0 saturated heterocycles. The van der Waals surface area contributed by atoms with Gasteiger partial charge in [-0.05, 0) is 57.2 Å². The number of halogens is 1. The van der Waals surface area contributed by atoms with Gasteiger partial charge in [-0.3, -0.25) is 9.59 Å². The molecule has 1 aliphatic heterocycles. The molecule has 7 heteroatoms. The van der Waals surface area contributed by atoms with Crippen LogP contribution in [0, 0.1) is 5.82 Å². The smallest absolute Gasteiger partial charge is 0.287 e. The van der Waals surface area contributed by atoms with Gasteiger partial charge in [0.2, 0.25) is 0 Å². The quantitative estimate of drug-likeness (QED) is 0.818. The van der Waals surface area contributed by atoms with E-state index in [1.807, 2.05) is 18.4 Å². The zero-order valence-electron chi connectivity index (χ0n) is 15.7. The summed E-state index contributed by atoms with van der Waals surface area (Å²) in [7, 11) is 0. The van der Waals surface area contributed by atoms with Crippen LogP contribution in [0.4, 0.5) is 4.39 Å². The van der Waals surface area contributed by atoms with Gasteiger partial charge in [-0.2, -0.15) is 0 Å². The monoisotopic (exact) mass is 372 g/mol. The Balaban J connectivity index is 1.71. The molecule has 3 rings (SSSR count). The first-order valence-electron chi connectivity index (χ1n) is 9.38. The van der Waals surface area contributed by atoms with E-state index in [1.165, 1.54) is 12.1 Å². The lowest BCUT2D eigenvalue weighted by atomic mass is 10.1. The molecule has 144 valence electrons. The van der Waals surface area contributed by atoms with Crippen LogP contribution in [-0.2, 0) is 19.4 Å². The van der Waals surface area contributed by atoms with Crippen molar-refractivity contribution >= 4 is 11.8 Å². The third kappa shape index (κ3) is 4.53. The van der Waals surface area contributed by atoms with Crippen LogP contribution in [0.1, 0.15) is 59.1 Å². The Morgan fingerprint density at radius 2 is 1.93 bits per heavy atom. The minimum absolute atomic E-state index is 0.00595. The van der Waals surface area contributed by atoms with Gasteiger partial charge in [-0.1, -0.05) is 12.1 Å². The molecule has 1 aromatic carbocycles. The van der Waals surface area contributed by atoms with E-state index in [0.717, 1.165) is 30.5 Å². The van der Waals surface area contributed by atoms with Crippen molar-refractivity contribution < 1.29 is 14.0 Å². The maximum Gasteiger partial charge on any atom is 0.287 e. The van der Waals surface area contributed by atoms with E-state index in [-0.39, 0.29) is 29.5 Å². The van der Waals surface area contributed by atoms with Gasteiger partial charge in [0.25, 0.3) is 11.8 Å². The maximum absolute atomic E-state index is 13.0. The molecule has 6 nitrogen and oxygen atoms in total. The van der Waals surface area contributed by atoms with E-state index in [9.17, 15) is 14.0 Å². The van der Waals surface area contributed by atoms with Gasteiger partial charge in [0, 0.05) is 19.1 Å². The Morgan fingerprint density at radius 3 is 2.63 bits per heavy atom. The molecule has 0 fully saturated rings. The standard InChI is InChI=1S/C20H25FN4O2/c1-13(2)23-19(26)17-16-5-3-4-12-25(16)18(24-17)20(27)22-11-10-14-6-8-15(21)9-7-14/h6-9,13H,3-5,10-12H2,1-2H3,(H,22,27)(H,23,26). The summed E-state index contributed by atoms with van der Waals surface area (Å²) >= 11 is 0. The van der Waals surface area contributed by atoms with Gasteiger partial charge in [0.1, 0.15) is 11.5 Å². The first kappa shape index (κ1) is 19.1. The summed E-state index contributed by atoms with van der Waals surface area (Å²) in [4.78, 5) is 29.4. The fourth-order valence-corrected chi connectivity index (χ4v) is 3.28. The van der Waals surface area contributed by atoms with Crippen molar-refractivity contribution in [3.63, 3.8) is 0 Å². The molecule has 1 aromatic heterocycles. The van der Waals surface area contributed by atoms with E-state index < -0.39 is 0 Å². The Bertz CT molecular complexity index is 827. The lowest BCUT2D eigenvalue weighted by molar-refractivity contribution is 0.0936. The number of fused-ring (bicyclic) bond motifs is 1. The van der Waals surface area contributed by atoms with Gasteiger partial charge in [-0.15, -0.1) is 0 Å². The molecule has 0 saturated carbocycles. The third-order valence-corrected chi connectivity index (χ3v) is 4.57. The number of amides is 2. The summed E-state index contributed by atoms with van der Waals surface area (Å²) in [5.41, 5.74) is 2.13. The molecule has 0 aliphatic carbocycles. The molecule has 0 unspecified atom stereocenters. The number of nitrogens with zero attached hydrogens (tertiary/aromatic N) is 2. The van der Waals surface area contributed by atoms with Crippen molar-refractivity contribution in [1.82, 2.24) is 20.2 Å². The predicted octanol–water partition coefficient (Wildman–Crippen LogP) is 2.47. The van der Waals surface area contributed by atoms with E-state index in [0.29, 0.717) is 25.2 Å². The van der Waals surface area contributed by atoms with Crippen molar-refractivity contribution in [1.29, 1.82) is 0 Å². The number of nitrogens with one attached hydrogen (secondary N) is 2. The first-order valence-corrected chi connectivity index (χ1v) is 9.38. The average molecular weight is 372 g/mol. The Kier molecular flexibility index (Phi) is 5.88. The van der Waals surface area contributed by atoms with Gasteiger partial charge in [0.05, 0.1) is 5.69 Å². The fourth-order valence-electron chi connectivity index (χ4n) is 3.28. The number of hydrogen-bond acceptors (Lipinski definition) is 3. The van der Waals surface area contributed by atoms with Crippen molar-refractivity contribution in [3.8, 4) is 0 Å². The molecule has 2 amide bonds. The van der Waals surface area contributed by atoms with Crippen LogP contribution in [0.15, 0.2) is 24.3 Å². The number of rotatable bonds is 6. The second-order valence-corrected chi connectivity index (χ2v) is 7.10. The summed E-state index contributed by atoms with van der Waals surface area (Å²) in [5.74, 6) is -0.512. The third-order valence-electron chi connectivity index (χ3n) is 4.57. The number of carbonyl (C=O) groups excluding carboxylic acids is 2. The summed E-state index contributed by atoms with van der Waals surface area (Å²) in [5, 5.41) is 5.71. The second-order valence-electron chi connectivity index (χ2n) is 7.10. The van der Waals surface area contributed by atoms with Crippen LogP contribution < -0.4 is 10.6 Å². The topological polar surface area (TPSA) is 76.0 Å². The minimum Gasteiger partial charge on any atom is -0.349 e. The number of hydrogen-bond donors (Lipinski definition) is 2. The molecule has 1 aliphatic rings. The van der Waals surface area contributed by atoms with Crippen LogP contribution in [0.25, 0.3) is 0 Å². The summed E-state index contributed by atoms with van der Waals surface area (Å²) in [6, 6.07) is 6.22. The highest BCUT2D eigenvalue weighted by Gasteiger charge is 2.27. The van der Waals surface area contributed by atoms with E-state index in [4.69, 9.17) is 0 Å². The van der Waals surface area contributed by atoms with Crippen LogP contribution in [-0.4, -0.2) is 34.0 Å². The van der Waals surface area contributed by atoms with Gasteiger partial charge >= 0.3 is 0 Å². The highest BCUT2D eigenvalue weighted by molar-refractivity contribution is 5.97. The van der Waals surface area contributed by atoms with Crippen molar-refractivity contribution in [2.75, 3.05) is 6.54 Å². The van der Waals surface area contributed by atoms with E-state index in [1.54, 1.807) is 12.1 Å². The lowest BCUT2D eigenvalue weighted by Gasteiger charge is -2.17. The molecular formula is C20H25FN4O2. The predicted molar refractivity (Wildman–Crippen MR) is 100 cm³/mol. The SMILES string of the molecule is CC(C)NC(=O)c1nc(C(=O)NCCc2ccc(F)cc2)n2c1CCCC2. The Morgan fingerprint density at radius 1 is 1.19 bits per heavy atom. The van der Waals surface area contributed by atoms with Crippen molar-refractivity contribution in [2.45, 2.75) is 52.1 Å². The van der Waals surface area contributed by atoms with Crippen LogP contribution >= 0.6 is 0 Å². The number of aromatic nitrogens is 2. The molecule has 0 atom stereocenters. The maximum atomic E-state index is 13.0. The first-order chi connectivity index (χ1) is 13.0. The fraction of sp³-hybridized carbons (Fsp3) is 0.450. The molecule has 0 radical (unpaired) electrons. The summed E-state index contributed by atoms with van der Waals surface area (Å²) in [6.07, 6.45) is 3.29. The molecular weight excluding hydrogens is 347 g/mol. The zero-order valence-corrected chi connectivity index (χ0v) is 15.7. The van der Waals surface area contributed by atoms with Crippen molar-refractivity contribution in [3.05, 3.63) is 52.9 Å². The number of benzene rings is 1. The van der Waals surface area contributed by atoms with Crippen LogP contribution in [0.3, 0.4) is 0 Å². The normalized spacial score (nSPS) is 13.3. The number of imidazole rings is 1. The molecule has 2 N–H and O–H groups in total. The molecule has 27 heavy (non-hydrogen) atoms.